The Morgan fingerprint density at radius 2 is 1.88 bits per heavy atom. The zero-order chi connectivity index (χ0) is 31.5. The standard InChI is InChI=1S/C32H34F3N7O/c1-8-22(15-24(9-2)32(33,34)35)21(4)37-26-14-13-20(3)28(17-26)42-19-23-18-36-30(39-29(23)41(7)31(42)43)38-25-11-10-12-27(16-25)40(5)6/h8-18,37H,2,4,19H2,1,3,5-7H3,(H,36,38,39)/b22-8+,24-15+. The highest BCUT2D eigenvalue weighted by molar-refractivity contribution is 6.05. The van der Waals surface area contributed by atoms with Crippen molar-refractivity contribution in [1.82, 2.24) is 9.97 Å². The van der Waals surface area contributed by atoms with Gasteiger partial charge >= 0.3 is 12.2 Å². The van der Waals surface area contributed by atoms with Gasteiger partial charge in [-0.15, -0.1) is 0 Å². The van der Waals surface area contributed by atoms with E-state index in [0.29, 0.717) is 23.1 Å². The highest BCUT2D eigenvalue weighted by atomic mass is 19.4. The van der Waals surface area contributed by atoms with Gasteiger partial charge in [-0.2, -0.15) is 18.2 Å². The van der Waals surface area contributed by atoms with E-state index in [-0.39, 0.29) is 23.8 Å². The number of urea groups is 1. The number of aromatic nitrogens is 2. The van der Waals surface area contributed by atoms with Gasteiger partial charge in [0.2, 0.25) is 5.95 Å². The number of nitrogens with zero attached hydrogens (tertiary/aromatic N) is 5. The molecule has 0 atom stereocenters. The van der Waals surface area contributed by atoms with E-state index in [1.54, 1.807) is 37.2 Å². The number of hydrogen-bond acceptors (Lipinski definition) is 6. The lowest BCUT2D eigenvalue weighted by Crippen LogP contribution is -2.46. The topological polar surface area (TPSA) is 76.6 Å². The lowest BCUT2D eigenvalue weighted by Gasteiger charge is -2.35. The normalized spacial score (nSPS) is 13.9. The van der Waals surface area contributed by atoms with E-state index in [0.717, 1.165) is 34.7 Å². The number of carbonyl (C=O) groups is 1. The Hall–Kier alpha value is -5.06. The molecule has 1 aliphatic rings. The molecule has 0 bridgehead atoms. The molecule has 224 valence electrons. The molecule has 2 amide bonds. The van der Waals surface area contributed by atoms with Gasteiger partial charge in [-0.25, -0.2) is 9.78 Å². The zero-order valence-electron chi connectivity index (χ0n) is 24.8. The molecule has 0 saturated carbocycles. The van der Waals surface area contributed by atoms with E-state index in [4.69, 9.17) is 0 Å². The molecule has 1 aliphatic heterocycles. The highest BCUT2D eigenvalue weighted by Gasteiger charge is 2.33. The maximum atomic E-state index is 13.6. The van der Waals surface area contributed by atoms with E-state index in [1.807, 2.05) is 56.3 Å². The van der Waals surface area contributed by atoms with Crippen LogP contribution in [0.25, 0.3) is 0 Å². The molecule has 2 aromatic carbocycles. The fourth-order valence-corrected chi connectivity index (χ4v) is 4.54. The van der Waals surface area contributed by atoms with Crippen molar-refractivity contribution in [3.8, 4) is 0 Å². The average molecular weight is 590 g/mol. The van der Waals surface area contributed by atoms with Crippen molar-refractivity contribution in [2.75, 3.05) is 46.5 Å². The van der Waals surface area contributed by atoms with Gasteiger partial charge in [0.05, 0.1) is 17.8 Å². The number of benzene rings is 2. The molecule has 8 nitrogen and oxygen atoms in total. The Bertz CT molecular complexity index is 1630. The fourth-order valence-electron chi connectivity index (χ4n) is 4.54. The number of halogens is 3. The zero-order valence-corrected chi connectivity index (χ0v) is 24.8. The number of nitrogens with one attached hydrogen (secondary N) is 2. The number of hydrogen-bond donors (Lipinski definition) is 2. The first kappa shape index (κ1) is 30.9. The Kier molecular flexibility index (Phi) is 8.93. The summed E-state index contributed by atoms with van der Waals surface area (Å²) in [5, 5.41) is 6.28. The molecule has 0 saturated heterocycles. The van der Waals surface area contributed by atoms with Gasteiger partial charge in [0.15, 0.2) is 0 Å². The number of allylic oxidation sites excluding steroid dienone is 4. The summed E-state index contributed by atoms with van der Waals surface area (Å²) in [6, 6.07) is 12.9. The number of carbonyl (C=O) groups excluding carboxylic acids is 1. The van der Waals surface area contributed by atoms with Crippen LogP contribution in [0.3, 0.4) is 0 Å². The van der Waals surface area contributed by atoms with Crippen molar-refractivity contribution in [2.45, 2.75) is 26.6 Å². The van der Waals surface area contributed by atoms with Crippen LogP contribution >= 0.6 is 0 Å². The first-order valence-corrected chi connectivity index (χ1v) is 13.4. The molecule has 4 rings (SSSR count). The van der Waals surface area contributed by atoms with Crippen molar-refractivity contribution < 1.29 is 18.0 Å². The third-order valence-corrected chi connectivity index (χ3v) is 6.94. The lowest BCUT2D eigenvalue weighted by molar-refractivity contribution is -0.0881. The largest absolute Gasteiger partial charge is 0.416 e. The van der Waals surface area contributed by atoms with E-state index in [1.165, 1.54) is 11.0 Å². The summed E-state index contributed by atoms with van der Waals surface area (Å²) in [7, 11) is 5.57. The highest BCUT2D eigenvalue weighted by Crippen LogP contribution is 2.34. The van der Waals surface area contributed by atoms with Gasteiger partial charge in [0.1, 0.15) is 5.82 Å². The fraction of sp³-hybridized carbons (Fsp3) is 0.219. The number of aryl methyl sites for hydroxylation is 1. The van der Waals surface area contributed by atoms with E-state index < -0.39 is 11.7 Å². The first-order valence-electron chi connectivity index (χ1n) is 13.4. The van der Waals surface area contributed by atoms with Crippen LogP contribution in [0.1, 0.15) is 18.1 Å². The van der Waals surface area contributed by atoms with Crippen LogP contribution in [-0.4, -0.2) is 43.3 Å². The molecule has 0 aliphatic carbocycles. The summed E-state index contributed by atoms with van der Waals surface area (Å²) < 4.78 is 39.8. The SMILES string of the molecule is C=C/C(=C\C(=C/C)C(=C)Nc1ccc(C)c(N2Cc3cnc(Nc4cccc(N(C)C)c4)nc3N(C)C2=O)c1)C(F)(F)F. The number of anilines is 6. The first-order chi connectivity index (χ1) is 20.3. The third-order valence-electron chi connectivity index (χ3n) is 6.94. The maximum absolute atomic E-state index is 13.6. The quantitative estimate of drug-likeness (QED) is 0.249. The molecule has 0 spiro atoms. The Morgan fingerprint density at radius 1 is 1.14 bits per heavy atom. The van der Waals surface area contributed by atoms with E-state index >= 15 is 0 Å². The minimum Gasteiger partial charge on any atom is -0.378 e. The second kappa shape index (κ2) is 12.4. The molecule has 2 heterocycles. The third kappa shape index (κ3) is 6.88. The van der Waals surface area contributed by atoms with E-state index in [2.05, 4.69) is 33.8 Å². The van der Waals surface area contributed by atoms with Gasteiger partial charge in [-0.1, -0.05) is 37.4 Å². The second-order valence-corrected chi connectivity index (χ2v) is 10.2. The molecule has 1 aromatic heterocycles. The van der Waals surface area contributed by atoms with Gasteiger partial charge in [0, 0.05) is 55.7 Å². The van der Waals surface area contributed by atoms with Gasteiger partial charge in [-0.3, -0.25) is 9.80 Å². The summed E-state index contributed by atoms with van der Waals surface area (Å²) in [6.07, 6.45) is 0.434. The number of rotatable bonds is 9. The van der Waals surface area contributed by atoms with E-state index in [9.17, 15) is 18.0 Å². The Balaban J connectivity index is 1.57. The van der Waals surface area contributed by atoms with Crippen molar-refractivity contribution in [3.63, 3.8) is 0 Å². The number of fused-ring (bicyclic) bond motifs is 1. The van der Waals surface area contributed by atoms with Crippen LogP contribution in [0.4, 0.5) is 52.5 Å². The summed E-state index contributed by atoms with van der Waals surface area (Å²) in [4.78, 5) is 27.7. The minimum absolute atomic E-state index is 0.233. The summed E-state index contributed by atoms with van der Waals surface area (Å²) in [5.41, 5.74) is 4.24. The molecule has 2 N–H and O–H groups in total. The van der Waals surface area contributed by atoms with Crippen LogP contribution in [0.5, 0.6) is 0 Å². The van der Waals surface area contributed by atoms with Crippen LogP contribution in [0.2, 0.25) is 0 Å². The van der Waals surface area contributed by atoms with Crippen molar-refractivity contribution >= 4 is 40.5 Å². The summed E-state index contributed by atoms with van der Waals surface area (Å²) >= 11 is 0. The predicted molar refractivity (Wildman–Crippen MR) is 168 cm³/mol. The summed E-state index contributed by atoms with van der Waals surface area (Å²) in [5.74, 6) is 0.859. The molecular weight excluding hydrogens is 555 g/mol. The van der Waals surface area contributed by atoms with Crippen molar-refractivity contribution in [3.05, 3.63) is 108 Å². The van der Waals surface area contributed by atoms with Crippen molar-refractivity contribution in [2.24, 2.45) is 0 Å². The monoisotopic (exact) mass is 589 g/mol. The molecule has 0 fully saturated rings. The maximum Gasteiger partial charge on any atom is 0.416 e. The second-order valence-electron chi connectivity index (χ2n) is 10.2. The van der Waals surface area contributed by atoms with Crippen molar-refractivity contribution in [1.29, 1.82) is 0 Å². The Labute approximate surface area is 249 Å². The summed E-state index contributed by atoms with van der Waals surface area (Å²) in [6.45, 7) is 10.9. The lowest BCUT2D eigenvalue weighted by atomic mass is 10.1. The Morgan fingerprint density at radius 3 is 2.53 bits per heavy atom. The molecule has 11 heteroatoms. The van der Waals surface area contributed by atoms with Gasteiger partial charge < -0.3 is 15.5 Å². The van der Waals surface area contributed by atoms with Gasteiger partial charge in [-0.05, 0) is 61.4 Å². The molecule has 3 aromatic rings. The molecule has 43 heavy (non-hydrogen) atoms. The minimum atomic E-state index is -4.54. The van der Waals surface area contributed by atoms with Crippen LogP contribution in [0, 0.1) is 6.92 Å². The molecule has 0 radical (unpaired) electrons. The van der Waals surface area contributed by atoms with Gasteiger partial charge in [0.25, 0.3) is 0 Å². The van der Waals surface area contributed by atoms with Crippen LogP contribution < -0.4 is 25.3 Å². The number of amides is 2. The average Bonchev–Trinajstić information content (AvgIpc) is 2.96. The smallest absolute Gasteiger partial charge is 0.378 e. The number of alkyl halides is 3. The molecular formula is C32H34F3N7O. The molecule has 0 unspecified atom stereocenters. The predicted octanol–water partition coefficient (Wildman–Crippen LogP) is 7.72. The van der Waals surface area contributed by atoms with Crippen LogP contribution in [-0.2, 0) is 6.54 Å². The van der Waals surface area contributed by atoms with Crippen LogP contribution in [0.15, 0.2) is 96.9 Å².